The third-order valence-electron chi connectivity index (χ3n) is 6.61. The van der Waals surface area contributed by atoms with Crippen molar-refractivity contribution < 1.29 is 102 Å². The molecule has 0 aliphatic rings. The molecule has 0 amide bonds. The molecule has 0 aliphatic carbocycles. The smallest absolute Gasteiger partial charge is 0.207 e. The van der Waals surface area contributed by atoms with E-state index in [4.69, 9.17) is 0 Å². The van der Waals surface area contributed by atoms with Crippen molar-refractivity contribution in [2.45, 2.75) is 0 Å². The third-order valence-corrected chi connectivity index (χ3v) is 6.61. The van der Waals surface area contributed by atoms with Gasteiger partial charge in [-0.2, -0.15) is 0 Å². The quantitative estimate of drug-likeness (QED) is 0.136. The van der Waals surface area contributed by atoms with Gasteiger partial charge in [-0.3, -0.25) is 0 Å². The third kappa shape index (κ3) is 4.66. The van der Waals surface area contributed by atoms with Crippen LogP contribution in [-0.4, -0.2) is 6.15 Å². The van der Waals surface area contributed by atoms with Crippen molar-refractivity contribution >= 4 is 28.0 Å². The zero-order valence-corrected chi connectivity index (χ0v) is 20.8. The molecule has 0 saturated carbocycles. The first-order chi connectivity index (χ1) is 20.3. The van der Waals surface area contributed by atoms with Gasteiger partial charge >= 0.3 is 18.9 Å². The maximum atomic E-state index is 15.4. The fraction of sp³-hybridized carbons (Fsp3) is 0. The van der Waals surface area contributed by atoms with Gasteiger partial charge in [0.15, 0.2) is 64.0 Å². The number of halogens is 19. The number of rotatable bonds is 4. The van der Waals surface area contributed by atoms with E-state index in [1.165, 1.54) is 0 Å². The first-order valence-electron chi connectivity index (χ1n) is 10.8. The van der Waals surface area contributed by atoms with Crippen LogP contribution >= 0.6 is 0 Å². The van der Waals surface area contributed by atoms with E-state index in [1.807, 2.05) is 0 Å². The Bertz CT molecular complexity index is 1640. The Labute approximate surface area is 247 Å². The average Bonchev–Trinajstić information content (AvgIpc) is 2.98. The van der Waals surface area contributed by atoms with Crippen molar-refractivity contribution in [2.24, 2.45) is 0 Å². The Morgan fingerprint density at radius 1 is 0.244 bits per heavy atom. The molecule has 21 heteroatoms. The molecule has 0 aliphatic heterocycles. The molecule has 0 spiro atoms. The first kappa shape index (κ1) is 35.7. The fourth-order valence-corrected chi connectivity index (χ4v) is 4.84. The van der Waals surface area contributed by atoms with Crippen molar-refractivity contribution in [2.75, 3.05) is 0 Å². The van der Waals surface area contributed by atoms with Crippen LogP contribution in [-0.2, 0) is 0 Å². The molecule has 0 unspecified atom stereocenters. The molecule has 0 heterocycles. The molecule has 0 saturated heterocycles. The summed E-state index contributed by atoms with van der Waals surface area (Å²) < 4.78 is 280. The van der Waals surface area contributed by atoms with E-state index in [0.717, 1.165) is 0 Å². The van der Waals surface area contributed by atoms with Crippen LogP contribution in [0.2, 0.25) is 0 Å². The second-order valence-corrected chi connectivity index (χ2v) is 8.70. The van der Waals surface area contributed by atoms with E-state index >= 15 is 35.1 Å². The van der Waals surface area contributed by atoms with Gasteiger partial charge in [-0.05, 0) is 0 Å². The molecule has 0 radical (unpaired) electrons. The van der Waals surface area contributed by atoms with Crippen molar-refractivity contribution in [3.63, 3.8) is 0 Å². The van der Waals surface area contributed by atoms with E-state index in [-0.39, 0.29) is 18.9 Å². The van der Waals surface area contributed by atoms with Gasteiger partial charge < -0.3 is 0 Å². The summed E-state index contributed by atoms with van der Waals surface area (Å²) in [4.78, 5) is 0. The second-order valence-electron chi connectivity index (χ2n) is 8.70. The topological polar surface area (TPSA) is 0 Å². The van der Waals surface area contributed by atoms with Crippen molar-refractivity contribution in [1.29, 1.82) is 0 Å². The molecular formula is C24HBF19Li. The summed E-state index contributed by atoms with van der Waals surface area (Å²) in [7, 11) is 0. The minimum Gasteiger partial charge on any atom is -0.207 e. The monoisotopic (exact) mass is 668 g/mol. The van der Waals surface area contributed by atoms with Gasteiger partial charge in [0.05, 0.1) is 0 Å². The predicted octanol–water partition coefficient (Wildman–Crippen LogP) is 2.71. The van der Waals surface area contributed by atoms with E-state index in [0.29, 0.717) is 0 Å². The summed E-state index contributed by atoms with van der Waals surface area (Å²) in [6, 6.07) is -0.857. The SMILES string of the molecule is Fc1cc(F)c(F)c([B-](c2c(F)c(F)c(F)c(F)c2F)(c2c(F)c(F)c(F)c(F)c2F)c2c(F)c(F)c(F)c(F)c2F)c1F.[Li+]. The van der Waals surface area contributed by atoms with E-state index in [9.17, 15) is 48.3 Å². The summed E-state index contributed by atoms with van der Waals surface area (Å²) in [5.41, 5.74) is -13.7. The minimum atomic E-state index is -7.04. The fourth-order valence-electron chi connectivity index (χ4n) is 4.84. The molecule has 0 fully saturated rings. The minimum absolute atomic E-state index is 0. The molecule has 4 aromatic carbocycles. The van der Waals surface area contributed by atoms with Crippen LogP contribution in [0.3, 0.4) is 0 Å². The van der Waals surface area contributed by atoms with Crippen molar-refractivity contribution in [3.05, 3.63) is 117 Å². The van der Waals surface area contributed by atoms with Gasteiger partial charge in [0.25, 0.3) is 0 Å². The molecule has 0 nitrogen and oxygen atoms in total. The number of hydrogen-bond donors (Lipinski definition) is 0. The number of benzene rings is 4. The van der Waals surface area contributed by atoms with Gasteiger partial charge in [0.2, 0.25) is 0 Å². The van der Waals surface area contributed by atoms with Crippen LogP contribution in [0.15, 0.2) is 6.07 Å². The maximum absolute atomic E-state index is 15.4. The van der Waals surface area contributed by atoms with Crippen LogP contribution in [0.5, 0.6) is 0 Å². The van der Waals surface area contributed by atoms with Crippen LogP contribution in [0, 0.1) is 111 Å². The van der Waals surface area contributed by atoms with E-state index in [1.54, 1.807) is 0 Å². The molecule has 4 aromatic rings. The van der Waals surface area contributed by atoms with Crippen LogP contribution in [0.4, 0.5) is 83.4 Å². The molecular weight excluding hydrogens is 667 g/mol. The van der Waals surface area contributed by atoms with Crippen LogP contribution < -0.4 is 40.7 Å². The molecule has 4 rings (SSSR count). The Morgan fingerprint density at radius 2 is 0.400 bits per heavy atom. The van der Waals surface area contributed by atoms with Gasteiger partial charge in [-0.25, -0.2) is 83.4 Å². The molecule has 0 bridgehead atoms. The first-order valence-corrected chi connectivity index (χ1v) is 10.8. The van der Waals surface area contributed by atoms with Gasteiger partial charge in [-0.1, -0.05) is 0 Å². The van der Waals surface area contributed by atoms with Crippen molar-refractivity contribution in [3.8, 4) is 0 Å². The van der Waals surface area contributed by atoms with E-state index < -0.39 is 145 Å². The molecule has 0 N–H and O–H groups in total. The zero-order chi connectivity index (χ0) is 33.5. The summed E-state index contributed by atoms with van der Waals surface area (Å²) >= 11 is 0. The molecule has 234 valence electrons. The summed E-state index contributed by atoms with van der Waals surface area (Å²) in [5.74, 6) is -64.9. The van der Waals surface area contributed by atoms with E-state index in [2.05, 4.69) is 0 Å². The Balaban J connectivity index is 0.00000552. The van der Waals surface area contributed by atoms with Gasteiger partial charge in [0, 0.05) is 6.07 Å². The van der Waals surface area contributed by atoms with Crippen LogP contribution in [0.25, 0.3) is 0 Å². The largest absolute Gasteiger partial charge is 1.00 e. The van der Waals surface area contributed by atoms with Crippen LogP contribution in [0.1, 0.15) is 0 Å². The molecule has 0 atom stereocenters. The Hall–Kier alpha value is -3.79. The Kier molecular flexibility index (Phi) is 9.40. The summed E-state index contributed by atoms with van der Waals surface area (Å²) in [5, 5.41) is 0. The second kappa shape index (κ2) is 11.9. The van der Waals surface area contributed by atoms with Crippen molar-refractivity contribution in [1.82, 2.24) is 0 Å². The Morgan fingerprint density at radius 3 is 0.600 bits per heavy atom. The number of hydrogen-bond acceptors (Lipinski definition) is 0. The average molecular weight is 668 g/mol. The normalized spacial score (nSPS) is 11.7. The zero-order valence-electron chi connectivity index (χ0n) is 20.8. The molecule has 45 heavy (non-hydrogen) atoms. The standard InChI is InChI=1S/C24HBF19.Li/c26-2-1-3(27)9(29)4(8(2)28)25(5-10(30)16(36)22(42)17(37)11(5)31,6-12(32)18(38)23(43)19(39)13(6)33)7-14(34)20(40)24(44)21(41)15(7)35;/h1H;/q-1;+1. The summed E-state index contributed by atoms with van der Waals surface area (Å²) in [6.07, 6.45) is -7.04. The predicted molar refractivity (Wildman–Crippen MR) is 109 cm³/mol. The maximum Gasteiger partial charge on any atom is 1.00 e. The van der Waals surface area contributed by atoms with Gasteiger partial charge in [-0.15, -0.1) is 21.9 Å². The van der Waals surface area contributed by atoms with Gasteiger partial charge in [0.1, 0.15) is 52.7 Å². The molecule has 0 aromatic heterocycles. The summed E-state index contributed by atoms with van der Waals surface area (Å²) in [6.45, 7) is 0.